The maximum absolute atomic E-state index is 13.2. The van der Waals surface area contributed by atoms with E-state index in [1.54, 1.807) is 12.1 Å². The van der Waals surface area contributed by atoms with E-state index in [1.807, 2.05) is 18.2 Å². The van der Waals surface area contributed by atoms with Crippen LogP contribution >= 0.6 is 15.9 Å². The lowest BCUT2D eigenvalue weighted by Gasteiger charge is -2.38. The number of piperazine rings is 1. The van der Waals surface area contributed by atoms with Crippen molar-refractivity contribution in [2.24, 2.45) is 5.92 Å². The Labute approximate surface area is 241 Å². The predicted octanol–water partition coefficient (Wildman–Crippen LogP) is 2.07. The number of imide groups is 2. The van der Waals surface area contributed by atoms with Gasteiger partial charge in [-0.15, -0.1) is 10.2 Å². The van der Waals surface area contributed by atoms with Gasteiger partial charge in [0.25, 0.3) is 11.8 Å². The van der Waals surface area contributed by atoms with Crippen molar-refractivity contribution in [1.82, 2.24) is 25.3 Å². The minimum Gasteiger partial charge on any atom is -0.369 e. The highest BCUT2D eigenvalue weighted by Gasteiger charge is 2.44. The SMILES string of the molecule is O=C1CCC(N2C(=O)c3ccc(N4CCN(CCC5CCN(c6ccc(Br)nn6)CC5)CC4)cc3C2=O)C(=O)N1. The van der Waals surface area contributed by atoms with Gasteiger partial charge in [-0.3, -0.25) is 34.3 Å². The van der Waals surface area contributed by atoms with Gasteiger partial charge in [0.15, 0.2) is 5.82 Å². The summed E-state index contributed by atoms with van der Waals surface area (Å²) in [4.78, 5) is 58.1. The van der Waals surface area contributed by atoms with Crippen molar-refractivity contribution in [2.75, 3.05) is 55.6 Å². The zero-order valence-electron chi connectivity index (χ0n) is 22.2. The Kier molecular flexibility index (Phi) is 7.54. The molecule has 12 heteroatoms. The minimum absolute atomic E-state index is 0.111. The first-order chi connectivity index (χ1) is 19.4. The Morgan fingerprint density at radius 2 is 1.57 bits per heavy atom. The largest absolute Gasteiger partial charge is 0.369 e. The Balaban J connectivity index is 0.991. The van der Waals surface area contributed by atoms with Gasteiger partial charge in [0, 0.05) is 51.4 Å². The third-order valence-electron chi connectivity index (χ3n) is 8.57. The Morgan fingerprint density at radius 3 is 2.27 bits per heavy atom. The van der Waals surface area contributed by atoms with E-state index in [0.29, 0.717) is 17.0 Å². The number of fused-ring (bicyclic) bond motifs is 1. The maximum Gasteiger partial charge on any atom is 0.262 e. The van der Waals surface area contributed by atoms with Crippen molar-refractivity contribution in [3.05, 3.63) is 46.1 Å². The highest BCUT2D eigenvalue weighted by atomic mass is 79.9. The van der Waals surface area contributed by atoms with Gasteiger partial charge in [0.05, 0.1) is 11.1 Å². The summed E-state index contributed by atoms with van der Waals surface area (Å²) in [6, 6.07) is 8.36. The molecule has 1 aromatic heterocycles. The van der Waals surface area contributed by atoms with Crippen LogP contribution in [0.3, 0.4) is 0 Å². The lowest BCUT2D eigenvalue weighted by atomic mass is 9.93. The fourth-order valence-corrected chi connectivity index (χ4v) is 6.39. The smallest absolute Gasteiger partial charge is 0.262 e. The summed E-state index contributed by atoms with van der Waals surface area (Å²) in [5, 5.41) is 10.6. The standard InChI is InChI=1S/C28H32BrN7O4/c29-23-4-5-24(32-31-23)35-11-8-18(9-12-35)7-10-33-13-15-34(16-14-33)19-1-2-20-21(17-19)28(40)36(27(20)39)22-3-6-25(37)30-26(22)38/h1-2,4-5,17-18,22H,3,6-16H2,(H,30,37,38). The van der Waals surface area contributed by atoms with Gasteiger partial charge >= 0.3 is 0 Å². The van der Waals surface area contributed by atoms with Crippen LogP contribution in [0.15, 0.2) is 34.9 Å². The fourth-order valence-electron chi connectivity index (χ4n) is 6.18. The number of carbonyl (C=O) groups excluding carboxylic acids is 4. The molecule has 0 spiro atoms. The second-order valence-electron chi connectivity index (χ2n) is 10.9. The molecule has 0 bridgehead atoms. The number of hydrogen-bond acceptors (Lipinski definition) is 9. The van der Waals surface area contributed by atoms with E-state index >= 15 is 0 Å². The predicted molar refractivity (Wildman–Crippen MR) is 151 cm³/mol. The third kappa shape index (κ3) is 5.34. The Bertz CT molecular complexity index is 1320. The monoisotopic (exact) mass is 609 g/mol. The fraction of sp³-hybridized carbons (Fsp3) is 0.500. The quantitative estimate of drug-likeness (QED) is 0.491. The molecule has 11 nitrogen and oxygen atoms in total. The summed E-state index contributed by atoms with van der Waals surface area (Å²) in [5.41, 5.74) is 1.55. The summed E-state index contributed by atoms with van der Waals surface area (Å²) >= 11 is 3.34. The van der Waals surface area contributed by atoms with E-state index in [9.17, 15) is 19.2 Å². The third-order valence-corrected chi connectivity index (χ3v) is 8.99. The molecule has 40 heavy (non-hydrogen) atoms. The van der Waals surface area contributed by atoms with Crippen molar-refractivity contribution < 1.29 is 19.2 Å². The van der Waals surface area contributed by atoms with Crippen LogP contribution in [0.25, 0.3) is 0 Å². The molecule has 3 saturated heterocycles. The number of hydrogen-bond donors (Lipinski definition) is 1. The summed E-state index contributed by atoms with van der Waals surface area (Å²) in [7, 11) is 0. The number of rotatable bonds is 6. The van der Waals surface area contributed by atoms with Gasteiger partial charge in [0.1, 0.15) is 10.6 Å². The molecule has 1 atom stereocenters. The van der Waals surface area contributed by atoms with Crippen LogP contribution in [0.2, 0.25) is 0 Å². The first kappa shape index (κ1) is 26.8. The number of piperidine rings is 2. The van der Waals surface area contributed by atoms with E-state index in [2.05, 4.69) is 46.1 Å². The van der Waals surface area contributed by atoms with Gasteiger partial charge in [-0.1, -0.05) is 0 Å². The van der Waals surface area contributed by atoms with Gasteiger partial charge in [0.2, 0.25) is 11.8 Å². The molecule has 0 saturated carbocycles. The Morgan fingerprint density at radius 1 is 0.825 bits per heavy atom. The number of aromatic nitrogens is 2. The van der Waals surface area contributed by atoms with Crippen LogP contribution in [-0.4, -0.2) is 95.5 Å². The second-order valence-corrected chi connectivity index (χ2v) is 11.8. The normalized spacial score (nSPS) is 22.6. The van der Waals surface area contributed by atoms with E-state index in [0.717, 1.165) is 79.7 Å². The van der Waals surface area contributed by atoms with Crippen LogP contribution < -0.4 is 15.1 Å². The number of halogens is 1. The van der Waals surface area contributed by atoms with Gasteiger partial charge in [-0.25, -0.2) is 0 Å². The molecule has 210 valence electrons. The molecule has 0 radical (unpaired) electrons. The van der Waals surface area contributed by atoms with Crippen LogP contribution in [0.5, 0.6) is 0 Å². The van der Waals surface area contributed by atoms with Crippen LogP contribution in [0, 0.1) is 5.92 Å². The van der Waals surface area contributed by atoms with E-state index in [1.165, 1.54) is 6.42 Å². The van der Waals surface area contributed by atoms with Crippen molar-refractivity contribution in [1.29, 1.82) is 0 Å². The summed E-state index contributed by atoms with van der Waals surface area (Å²) in [6.07, 6.45) is 3.78. The molecule has 2 aromatic rings. The highest BCUT2D eigenvalue weighted by molar-refractivity contribution is 9.10. The minimum atomic E-state index is -0.946. The molecular weight excluding hydrogens is 578 g/mol. The summed E-state index contributed by atoms with van der Waals surface area (Å²) in [5.74, 6) is -0.248. The summed E-state index contributed by atoms with van der Waals surface area (Å²) < 4.78 is 0.752. The number of benzene rings is 1. The molecule has 1 aromatic carbocycles. The first-order valence-corrected chi connectivity index (χ1v) is 14.7. The van der Waals surface area contributed by atoms with Crippen LogP contribution in [0.4, 0.5) is 11.5 Å². The molecule has 3 fully saturated rings. The maximum atomic E-state index is 13.2. The van der Waals surface area contributed by atoms with Crippen molar-refractivity contribution in [3.63, 3.8) is 0 Å². The van der Waals surface area contributed by atoms with E-state index in [4.69, 9.17) is 0 Å². The van der Waals surface area contributed by atoms with Crippen molar-refractivity contribution >= 4 is 51.1 Å². The first-order valence-electron chi connectivity index (χ1n) is 13.9. The molecule has 0 aliphatic carbocycles. The number of amides is 4. The van der Waals surface area contributed by atoms with E-state index < -0.39 is 23.8 Å². The zero-order valence-corrected chi connectivity index (χ0v) is 23.8. The van der Waals surface area contributed by atoms with Crippen LogP contribution in [-0.2, 0) is 9.59 Å². The van der Waals surface area contributed by atoms with Crippen molar-refractivity contribution in [2.45, 2.75) is 38.1 Å². The summed E-state index contributed by atoms with van der Waals surface area (Å²) in [6.45, 7) is 6.68. The van der Waals surface area contributed by atoms with Gasteiger partial charge < -0.3 is 9.80 Å². The second kappa shape index (κ2) is 11.2. The van der Waals surface area contributed by atoms with E-state index in [-0.39, 0.29) is 18.7 Å². The topological polar surface area (TPSA) is 119 Å². The molecule has 5 heterocycles. The molecule has 4 aliphatic heterocycles. The highest BCUT2D eigenvalue weighted by Crippen LogP contribution is 2.31. The molecule has 6 rings (SSSR count). The Hall–Kier alpha value is -3.38. The average molecular weight is 611 g/mol. The van der Waals surface area contributed by atoms with Gasteiger partial charge in [-0.05, 0) is 84.4 Å². The number of carbonyl (C=O) groups is 4. The van der Waals surface area contributed by atoms with Crippen LogP contribution in [0.1, 0.15) is 52.8 Å². The molecule has 4 amide bonds. The molecular formula is C28H32BrN7O4. The average Bonchev–Trinajstić information content (AvgIpc) is 3.22. The number of anilines is 2. The van der Waals surface area contributed by atoms with Crippen molar-refractivity contribution in [3.8, 4) is 0 Å². The lowest BCUT2D eigenvalue weighted by molar-refractivity contribution is -0.136. The zero-order chi connectivity index (χ0) is 27.8. The molecule has 1 unspecified atom stereocenters. The molecule has 4 aliphatic rings. The number of nitrogens with one attached hydrogen (secondary N) is 1. The van der Waals surface area contributed by atoms with Gasteiger partial charge in [-0.2, -0.15) is 0 Å². The lowest BCUT2D eigenvalue weighted by Crippen LogP contribution is -2.54. The number of nitrogens with zero attached hydrogens (tertiary/aromatic N) is 6. The molecule has 1 N–H and O–H groups in total.